The van der Waals surface area contributed by atoms with Gasteiger partial charge in [0.15, 0.2) is 0 Å². The lowest BCUT2D eigenvalue weighted by molar-refractivity contribution is -0.121. The normalized spacial score (nSPS) is 21.4. The zero-order chi connectivity index (χ0) is 19.5. The van der Waals surface area contributed by atoms with Crippen molar-refractivity contribution < 1.29 is 19.1 Å². The second kappa shape index (κ2) is 5.78. The Morgan fingerprint density at radius 1 is 1.18 bits per heavy atom. The van der Waals surface area contributed by atoms with E-state index >= 15 is 0 Å². The Morgan fingerprint density at radius 3 is 2.61 bits per heavy atom. The fraction of sp³-hybridized carbons (Fsp3) is 0.381. The van der Waals surface area contributed by atoms with Crippen LogP contribution in [-0.2, 0) is 21.7 Å². The van der Waals surface area contributed by atoms with Crippen molar-refractivity contribution in [3.63, 3.8) is 0 Å². The van der Waals surface area contributed by atoms with Crippen LogP contribution in [0.25, 0.3) is 0 Å². The zero-order valence-electron chi connectivity index (χ0n) is 15.8. The van der Waals surface area contributed by atoms with Gasteiger partial charge in [0, 0.05) is 6.07 Å². The molecule has 0 bridgehead atoms. The molecule has 1 spiro atoms. The second-order valence-electron chi connectivity index (χ2n) is 8.11. The molecule has 5 rings (SSSR count). The van der Waals surface area contributed by atoms with E-state index in [1.165, 1.54) is 23.7 Å². The number of urea groups is 1. The van der Waals surface area contributed by atoms with Gasteiger partial charge in [-0.25, -0.2) is 14.7 Å². The lowest BCUT2D eigenvalue weighted by Gasteiger charge is -2.38. The highest BCUT2D eigenvalue weighted by Crippen LogP contribution is 2.51. The third-order valence-electron chi connectivity index (χ3n) is 5.80. The first kappa shape index (κ1) is 17.2. The lowest BCUT2D eigenvalue weighted by atomic mass is 9.75. The number of nitrogens with one attached hydrogen (secondary N) is 1. The van der Waals surface area contributed by atoms with Gasteiger partial charge in [-0.05, 0) is 62.4 Å². The Balaban J connectivity index is 1.36. The Hall–Kier alpha value is -2.93. The van der Waals surface area contributed by atoms with Crippen molar-refractivity contribution in [1.82, 2.24) is 10.3 Å². The molecule has 0 atom stereocenters. The Morgan fingerprint density at radius 2 is 2.00 bits per heavy atom. The highest BCUT2D eigenvalue weighted by atomic mass is 16.5. The highest BCUT2D eigenvalue weighted by molar-refractivity contribution is 6.22. The van der Waals surface area contributed by atoms with E-state index in [1.807, 2.05) is 18.2 Å². The molecule has 7 nitrogen and oxygen atoms in total. The van der Waals surface area contributed by atoms with Crippen LogP contribution in [0.15, 0.2) is 36.5 Å². The van der Waals surface area contributed by atoms with Gasteiger partial charge in [-0.15, -0.1) is 0 Å². The molecule has 2 fully saturated rings. The summed E-state index contributed by atoms with van der Waals surface area (Å²) in [6.45, 7) is 4.00. The summed E-state index contributed by atoms with van der Waals surface area (Å²) in [5, 5.41) is 2.66. The number of hydrogen-bond donors (Lipinski definition) is 1. The van der Waals surface area contributed by atoms with E-state index in [1.54, 1.807) is 26.0 Å². The summed E-state index contributed by atoms with van der Waals surface area (Å²) in [5.41, 5.74) is 1.81. The molecule has 0 radical (unpaired) electrons. The van der Waals surface area contributed by atoms with E-state index in [9.17, 15) is 9.59 Å². The van der Waals surface area contributed by atoms with Gasteiger partial charge in [-0.3, -0.25) is 4.79 Å². The molecule has 1 saturated carbocycles. The molecule has 3 aliphatic rings. The molecule has 1 N–H and O–H groups in total. The number of rotatable bonds is 3. The van der Waals surface area contributed by atoms with Crippen molar-refractivity contribution >= 4 is 17.6 Å². The number of hydrogen-bond acceptors (Lipinski definition) is 5. The molecule has 3 amide bonds. The van der Waals surface area contributed by atoms with Gasteiger partial charge < -0.3 is 14.8 Å². The fourth-order valence-electron chi connectivity index (χ4n) is 4.04. The molecule has 0 unspecified atom stereocenters. The number of nitrogens with zero attached hydrogens (tertiary/aromatic N) is 2. The Kier molecular flexibility index (Phi) is 3.55. The van der Waals surface area contributed by atoms with Crippen molar-refractivity contribution in [2.45, 2.75) is 50.9 Å². The highest BCUT2D eigenvalue weighted by Gasteiger charge is 2.46. The van der Waals surface area contributed by atoms with E-state index in [0.29, 0.717) is 23.9 Å². The van der Waals surface area contributed by atoms with Gasteiger partial charge in [-0.2, -0.15) is 0 Å². The molecule has 1 aromatic carbocycles. The molecule has 7 heteroatoms. The minimum atomic E-state index is -0.920. The van der Waals surface area contributed by atoms with E-state index in [4.69, 9.17) is 9.47 Å². The standard InChI is InChI=1S/C21H21N3O4/c1-20(2)18(25)24(19(26)23-20)14-5-7-17(22-11-14)28-15-6-4-13-12-27-21(8-3-9-21)16(13)10-15/h4-7,10-11H,3,8-9,12H2,1-2H3,(H,23,26). The third kappa shape index (κ3) is 2.50. The monoisotopic (exact) mass is 379 g/mol. The zero-order valence-corrected chi connectivity index (χ0v) is 15.8. The number of anilines is 1. The summed E-state index contributed by atoms with van der Waals surface area (Å²) in [6.07, 6.45) is 4.77. The number of pyridine rings is 1. The minimum absolute atomic E-state index is 0.123. The summed E-state index contributed by atoms with van der Waals surface area (Å²) < 4.78 is 11.9. The van der Waals surface area contributed by atoms with Crippen LogP contribution in [0.4, 0.5) is 10.5 Å². The molecular weight excluding hydrogens is 358 g/mol. The van der Waals surface area contributed by atoms with Gasteiger partial charge in [-0.1, -0.05) is 6.07 Å². The number of imide groups is 1. The summed E-state index contributed by atoms with van der Waals surface area (Å²) in [7, 11) is 0. The first-order valence-electron chi connectivity index (χ1n) is 9.46. The number of benzene rings is 1. The average molecular weight is 379 g/mol. The van der Waals surface area contributed by atoms with Crippen molar-refractivity contribution in [2.75, 3.05) is 4.90 Å². The molecule has 2 aliphatic heterocycles. The van der Waals surface area contributed by atoms with Gasteiger partial charge in [0.2, 0.25) is 5.88 Å². The number of aromatic nitrogens is 1. The van der Waals surface area contributed by atoms with E-state index < -0.39 is 11.6 Å². The molecule has 1 aromatic heterocycles. The van der Waals surface area contributed by atoms with E-state index in [-0.39, 0.29) is 11.5 Å². The Bertz CT molecular complexity index is 980. The maximum Gasteiger partial charge on any atom is 0.329 e. The lowest BCUT2D eigenvalue weighted by Crippen LogP contribution is -2.40. The van der Waals surface area contributed by atoms with Crippen molar-refractivity contribution in [1.29, 1.82) is 0 Å². The summed E-state index contributed by atoms with van der Waals surface area (Å²) in [4.78, 5) is 29.9. The summed E-state index contributed by atoms with van der Waals surface area (Å²) in [6, 6.07) is 8.86. The van der Waals surface area contributed by atoms with Crippen molar-refractivity contribution in [3.05, 3.63) is 47.7 Å². The van der Waals surface area contributed by atoms with Gasteiger partial charge in [0.05, 0.1) is 24.1 Å². The predicted octanol–water partition coefficient (Wildman–Crippen LogP) is 3.62. The van der Waals surface area contributed by atoms with Crippen LogP contribution in [-0.4, -0.2) is 22.5 Å². The second-order valence-corrected chi connectivity index (χ2v) is 8.11. The van der Waals surface area contributed by atoms with Crippen molar-refractivity contribution in [2.24, 2.45) is 0 Å². The number of amides is 3. The van der Waals surface area contributed by atoms with Crippen molar-refractivity contribution in [3.8, 4) is 11.6 Å². The average Bonchev–Trinajstić information content (AvgIpc) is 3.10. The molecule has 3 heterocycles. The fourth-order valence-corrected chi connectivity index (χ4v) is 4.04. The van der Waals surface area contributed by atoms with Gasteiger partial charge in [0.1, 0.15) is 11.3 Å². The van der Waals surface area contributed by atoms with Crippen LogP contribution in [0.5, 0.6) is 11.6 Å². The third-order valence-corrected chi connectivity index (χ3v) is 5.80. The van der Waals surface area contributed by atoms with E-state index in [0.717, 1.165) is 17.7 Å². The molecule has 28 heavy (non-hydrogen) atoms. The van der Waals surface area contributed by atoms with Crippen LogP contribution < -0.4 is 15.0 Å². The molecule has 2 aromatic rings. The minimum Gasteiger partial charge on any atom is -0.439 e. The number of fused-ring (bicyclic) bond motifs is 2. The van der Waals surface area contributed by atoms with E-state index in [2.05, 4.69) is 10.3 Å². The topological polar surface area (TPSA) is 80.8 Å². The predicted molar refractivity (Wildman–Crippen MR) is 101 cm³/mol. The SMILES string of the molecule is CC1(C)NC(=O)N(c2ccc(Oc3ccc4c(c3)C3(CCC3)OC4)nc2)C1=O. The smallest absolute Gasteiger partial charge is 0.329 e. The maximum absolute atomic E-state index is 12.4. The number of carbonyl (C=O) groups is 2. The summed E-state index contributed by atoms with van der Waals surface area (Å²) in [5.74, 6) is 0.792. The van der Waals surface area contributed by atoms with Crippen LogP contribution in [0.3, 0.4) is 0 Å². The van der Waals surface area contributed by atoms with Crippen LogP contribution in [0, 0.1) is 0 Å². The molecule has 1 aliphatic carbocycles. The number of ether oxygens (including phenoxy) is 2. The van der Waals surface area contributed by atoms with Crippen LogP contribution in [0.2, 0.25) is 0 Å². The van der Waals surface area contributed by atoms with Crippen LogP contribution in [0.1, 0.15) is 44.2 Å². The molecule has 144 valence electrons. The van der Waals surface area contributed by atoms with Gasteiger partial charge >= 0.3 is 6.03 Å². The van der Waals surface area contributed by atoms with Gasteiger partial charge in [0.25, 0.3) is 5.91 Å². The number of carbonyl (C=O) groups excluding carboxylic acids is 2. The summed E-state index contributed by atoms with van der Waals surface area (Å²) >= 11 is 0. The first-order valence-corrected chi connectivity index (χ1v) is 9.46. The Labute approximate surface area is 162 Å². The molecule has 1 saturated heterocycles. The molecular formula is C21H21N3O4. The van der Waals surface area contributed by atoms with Crippen LogP contribution >= 0.6 is 0 Å². The largest absolute Gasteiger partial charge is 0.439 e. The maximum atomic E-state index is 12.4. The quantitative estimate of drug-likeness (QED) is 0.824. The first-order chi connectivity index (χ1) is 13.4.